The predicted octanol–water partition coefficient (Wildman–Crippen LogP) is 2.85. The molecule has 0 bridgehead atoms. The van der Waals surface area contributed by atoms with Crippen LogP contribution >= 0.6 is 0 Å². The van der Waals surface area contributed by atoms with Crippen molar-refractivity contribution in [1.82, 2.24) is 5.32 Å². The van der Waals surface area contributed by atoms with Crippen molar-refractivity contribution in [3.05, 3.63) is 0 Å². The van der Waals surface area contributed by atoms with Gasteiger partial charge in [-0.05, 0) is 44.1 Å². The Morgan fingerprint density at radius 3 is 2.27 bits per heavy atom. The fourth-order valence-corrected chi connectivity index (χ4v) is 2.58. The number of nitrogens with one attached hydrogen (secondary N) is 1. The minimum absolute atomic E-state index is 0.128. The maximum Gasteiger partial charge on any atom is 0.0981 e. The molecule has 2 aliphatic rings. The zero-order chi connectivity index (χ0) is 10.5. The highest BCUT2D eigenvalue weighted by Crippen LogP contribution is 2.29. The molecule has 2 fully saturated rings. The Bertz CT molecular complexity index is 219. The van der Waals surface area contributed by atoms with E-state index in [-0.39, 0.29) is 6.04 Å². The van der Waals surface area contributed by atoms with Gasteiger partial charge in [0.05, 0.1) is 12.1 Å². The lowest BCUT2D eigenvalue weighted by Gasteiger charge is -2.21. The van der Waals surface area contributed by atoms with Crippen LogP contribution in [0.3, 0.4) is 0 Å². The Kier molecular flexibility index (Phi) is 4.02. The molecule has 0 amide bonds. The van der Waals surface area contributed by atoms with Crippen molar-refractivity contribution in [2.24, 2.45) is 11.8 Å². The van der Waals surface area contributed by atoms with Crippen LogP contribution < -0.4 is 5.32 Å². The Balaban J connectivity index is 1.77. The first-order valence-corrected chi connectivity index (χ1v) is 6.53. The summed E-state index contributed by atoms with van der Waals surface area (Å²) in [7, 11) is 0. The van der Waals surface area contributed by atoms with Crippen molar-refractivity contribution in [2.75, 3.05) is 6.54 Å². The monoisotopic (exact) mass is 206 g/mol. The number of nitriles is 1. The summed E-state index contributed by atoms with van der Waals surface area (Å²) in [5, 5.41) is 12.7. The minimum Gasteiger partial charge on any atom is -0.301 e. The third-order valence-electron chi connectivity index (χ3n) is 3.83. The molecule has 84 valence electrons. The van der Waals surface area contributed by atoms with Crippen LogP contribution in [0.5, 0.6) is 0 Å². The fraction of sp³-hybridized carbons (Fsp3) is 0.923. The molecule has 2 heteroatoms. The highest BCUT2D eigenvalue weighted by Gasteiger charge is 2.26. The normalized spacial score (nSPS) is 25.5. The Morgan fingerprint density at radius 1 is 1.07 bits per heavy atom. The Hall–Kier alpha value is -0.550. The molecule has 2 nitrogen and oxygen atoms in total. The van der Waals surface area contributed by atoms with E-state index in [9.17, 15) is 5.26 Å². The van der Waals surface area contributed by atoms with Gasteiger partial charge in [-0.25, -0.2) is 0 Å². The number of rotatable bonds is 4. The maximum absolute atomic E-state index is 9.19. The van der Waals surface area contributed by atoms with Gasteiger partial charge in [-0.1, -0.05) is 25.7 Å². The topological polar surface area (TPSA) is 35.8 Å². The predicted molar refractivity (Wildman–Crippen MR) is 61.3 cm³/mol. The van der Waals surface area contributed by atoms with Gasteiger partial charge in [0.1, 0.15) is 0 Å². The quantitative estimate of drug-likeness (QED) is 0.718. The van der Waals surface area contributed by atoms with Gasteiger partial charge < -0.3 is 5.32 Å². The van der Waals surface area contributed by atoms with Gasteiger partial charge in [-0.15, -0.1) is 0 Å². The highest BCUT2D eigenvalue weighted by molar-refractivity contribution is 4.96. The Morgan fingerprint density at radius 2 is 1.73 bits per heavy atom. The van der Waals surface area contributed by atoms with E-state index in [0.717, 1.165) is 12.5 Å². The second kappa shape index (κ2) is 5.51. The Labute approximate surface area is 93.0 Å². The van der Waals surface area contributed by atoms with Crippen LogP contribution in [0.1, 0.15) is 51.4 Å². The lowest BCUT2D eigenvalue weighted by molar-refractivity contribution is 0.367. The van der Waals surface area contributed by atoms with Crippen molar-refractivity contribution in [3.8, 4) is 6.07 Å². The van der Waals surface area contributed by atoms with E-state index in [2.05, 4.69) is 11.4 Å². The standard InChI is InChI=1S/C13H22N2/c14-9-13(15-10-11-7-8-11)12-5-3-1-2-4-6-12/h11-13,15H,1-8,10H2. The molecule has 0 aromatic heterocycles. The van der Waals surface area contributed by atoms with Crippen LogP contribution in [0, 0.1) is 23.2 Å². The van der Waals surface area contributed by atoms with E-state index in [1.54, 1.807) is 0 Å². The number of hydrogen-bond acceptors (Lipinski definition) is 2. The molecule has 2 aliphatic carbocycles. The van der Waals surface area contributed by atoms with Crippen LogP contribution in [0.25, 0.3) is 0 Å². The molecular formula is C13H22N2. The summed E-state index contributed by atoms with van der Waals surface area (Å²) in [5.41, 5.74) is 0. The first-order valence-electron chi connectivity index (χ1n) is 6.53. The smallest absolute Gasteiger partial charge is 0.0981 e. The van der Waals surface area contributed by atoms with Gasteiger partial charge in [0.25, 0.3) is 0 Å². The summed E-state index contributed by atoms with van der Waals surface area (Å²) in [6.45, 7) is 1.08. The van der Waals surface area contributed by atoms with Crippen molar-refractivity contribution in [3.63, 3.8) is 0 Å². The first-order chi connectivity index (χ1) is 7.40. The number of hydrogen-bond donors (Lipinski definition) is 1. The molecule has 0 aliphatic heterocycles. The zero-order valence-electron chi connectivity index (χ0n) is 9.54. The maximum atomic E-state index is 9.19. The molecular weight excluding hydrogens is 184 g/mol. The summed E-state index contributed by atoms with van der Waals surface area (Å²) in [6, 6.07) is 2.60. The third-order valence-corrected chi connectivity index (χ3v) is 3.83. The minimum atomic E-state index is 0.128. The molecule has 0 heterocycles. The second-order valence-corrected chi connectivity index (χ2v) is 5.21. The van der Waals surface area contributed by atoms with Crippen LogP contribution in [-0.2, 0) is 0 Å². The van der Waals surface area contributed by atoms with Gasteiger partial charge in [-0.2, -0.15) is 5.26 Å². The molecule has 1 atom stereocenters. The average molecular weight is 206 g/mol. The van der Waals surface area contributed by atoms with Gasteiger partial charge in [0.15, 0.2) is 0 Å². The molecule has 0 aromatic carbocycles. The molecule has 0 spiro atoms. The summed E-state index contributed by atoms with van der Waals surface area (Å²) in [6.07, 6.45) is 10.7. The lowest BCUT2D eigenvalue weighted by atomic mass is 9.92. The van der Waals surface area contributed by atoms with Crippen LogP contribution in [-0.4, -0.2) is 12.6 Å². The van der Waals surface area contributed by atoms with E-state index in [1.807, 2.05) is 0 Å². The van der Waals surface area contributed by atoms with Gasteiger partial charge in [0.2, 0.25) is 0 Å². The second-order valence-electron chi connectivity index (χ2n) is 5.21. The first kappa shape index (κ1) is 11.0. The molecule has 0 saturated heterocycles. The number of nitrogens with zero attached hydrogens (tertiary/aromatic N) is 1. The summed E-state index contributed by atoms with van der Waals surface area (Å²) >= 11 is 0. The highest BCUT2D eigenvalue weighted by atomic mass is 14.9. The molecule has 0 aromatic rings. The molecule has 15 heavy (non-hydrogen) atoms. The van der Waals surface area contributed by atoms with E-state index in [4.69, 9.17) is 0 Å². The lowest BCUT2D eigenvalue weighted by Crippen LogP contribution is -2.36. The third kappa shape index (κ3) is 3.50. The zero-order valence-corrected chi connectivity index (χ0v) is 9.54. The summed E-state index contributed by atoms with van der Waals surface area (Å²) in [4.78, 5) is 0. The average Bonchev–Trinajstić information content (AvgIpc) is 3.05. The summed E-state index contributed by atoms with van der Waals surface area (Å²) in [5.74, 6) is 1.50. The fourth-order valence-electron chi connectivity index (χ4n) is 2.58. The molecule has 1 N–H and O–H groups in total. The largest absolute Gasteiger partial charge is 0.301 e. The van der Waals surface area contributed by atoms with Crippen molar-refractivity contribution in [1.29, 1.82) is 5.26 Å². The molecule has 1 unspecified atom stereocenters. The SMILES string of the molecule is N#CC(NCC1CC1)C1CCCCCC1. The van der Waals surface area contributed by atoms with Gasteiger partial charge in [0, 0.05) is 0 Å². The summed E-state index contributed by atoms with van der Waals surface area (Å²) < 4.78 is 0. The molecule has 2 saturated carbocycles. The van der Waals surface area contributed by atoms with Gasteiger partial charge in [-0.3, -0.25) is 0 Å². The van der Waals surface area contributed by atoms with Crippen LogP contribution in [0.2, 0.25) is 0 Å². The van der Waals surface area contributed by atoms with E-state index < -0.39 is 0 Å². The molecule has 0 radical (unpaired) electrons. The van der Waals surface area contributed by atoms with E-state index >= 15 is 0 Å². The van der Waals surface area contributed by atoms with Crippen molar-refractivity contribution < 1.29 is 0 Å². The van der Waals surface area contributed by atoms with E-state index in [0.29, 0.717) is 5.92 Å². The van der Waals surface area contributed by atoms with Crippen LogP contribution in [0.15, 0.2) is 0 Å². The molecule has 2 rings (SSSR count). The van der Waals surface area contributed by atoms with Crippen molar-refractivity contribution in [2.45, 2.75) is 57.4 Å². The van der Waals surface area contributed by atoms with Gasteiger partial charge >= 0.3 is 0 Å². The van der Waals surface area contributed by atoms with Crippen LogP contribution in [0.4, 0.5) is 0 Å². The van der Waals surface area contributed by atoms with Crippen molar-refractivity contribution >= 4 is 0 Å². The van der Waals surface area contributed by atoms with E-state index in [1.165, 1.54) is 51.4 Å².